The van der Waals surface area contributed by atoms with Crippen LogP contribution in [0.15, 0.2) is 35.2 Å². The van der Waals surface area contributed by atoms with Gasteiger partial charge in [-0.3, -0.25) is 4.79 Å². The van der Waals surface area contributed by atoms with E-state index in [9.17, 15) is 22.8 Å². The van der Waals surface area contributed by atoms with Gasteiger partial charge >= 0.3 is 18.1 Å². The van der Waals surface area contributed by atoms with Crippen molar-refractivity contribution in [2.24, 2.45) is 5.92 Å². The molecule has 1 saturated heterocycles. The van der Waals surface area contributed by atoms with Gasteiger partial charge in [-0.25, -0.2) is 9.78 Å². The first kappa shape index (κ1) is 22.9. The van der Waals surface area contributed by atoms with Crippen molar-refractivity contribution in [2.75, 3.05) is 26.2 Å². The van der Waals surface area contributed by atoms with Crippen LogP contribution in [0.5, 0.6) is 0 Å². The van der Waals surface area contributed by atoms with Crippen LogP contribution in [-0.4, -0.2) is 54.2 Å². The van der Waals surface area contributed by atoms with Crippen molar-refractivity contribution in [3.8, 4) is 0 Å². The number of nitrogens with zero attached hydrogens (tertiary/aromatic N) is 2. The molecule has 0 bridgehead atoms. The molecule has 0 N–H and O–H groups in total. The number of carbonyl (C=O) groups excluding carboxylic acids is 2. The van der Waals surface area contributed by atoms with Crippen molar-refractivity contribution < 1.29 is 32.2 Å². The van der Waals surface area contributed by atoms with Gasteiger partial charge in [-0.05, 0) is 30.4 Å². The van der Waals surface area contributed by atoms with E-state index >= 15 is 0 Å². The van der Waals surface area contributed by atoms with Gasteiger partial charge < -0.3 is 14.4 Å². The zero-order valence-corrected chi connectivity index (χ0v) is 18.1. The molecule has 1 aromatic carbocycles. The minimum atomic E-state index is -5.22. The van der Waals surface area contributed by atoms with Gasteiger partial charge in [0, 0.05) is 31.4 Å². The molecular weight excluding hydrogens is 445 g/mol. The van der Waals surface area contributed by atoms with E-state index in [1.165, 1.54) is 22.5 Å². The quantitative estimate of drug-likeness (QED) is 0.494. The van der Waals surface area contributed by atoms with Crippen molar-refractivity contribution in [1.82, 2.24) is 9.88 Å². The summed E-state index contributed by atoms with van der Waals surface area (Å²) in [4.78, 5) is 29.8. The number of ether oxygens (including phenoxy) is 2. The maximum absolute atomic E-state index is 12.6. The number of piperidine rings is 1. The van der Waals surface area contributed by atoms with E-state index < -0.39 is 24.0 Å². The largest absolute Gasteiger partial charge is 0.491 e. The van der Waals surface area contributed by atoms with Gasteiger partial charge in [0.1, 0.15) is 0 Å². The molecule has 1 spiro atoms. The minimum absolute atomic E-state index is 0.106. The molecule has 0 radical (unpaired) electrons. The van der Waals surface area contributed by atoms with E-state index in [-0.39, 0.29) is 18.6 Å². The molecule has 172 valence electrons. The molecule has 2 aromatic rings. The molecule has 0 aliphatic carbocycles. The smallest absolute Gasteiger partial charge is 0.386 e. The molecule has 6 nitrogen and oxygen atoms in total. The zero-order chi connectivity index (χ0) is 22.8. The van der Waals surface area contributed by atoms with Crippen molar-refractivity contribution >= 4 is 23.3 Å². The number of alkyl halides is 3. The molecule has 1 aromatic heterocycles. The van der Waals surface area contributed by atoms with Crippen molar-refractivity contribution in [1.29, 1.82) is 0 Å². The first-order chi connectivity index (χ1) is 15.3. The Hall–Kier alpha value is -2.30. The highest BCUT2D eigenvalue weighted by atomic mass is 32.1. The minimum Gasteiger partial charge on any atom is -0.386 e. The molecule has 0 amide bonds. The van der Waals surface area contributed by atoms with Gasteiger partial charge in [0.05, 0.1) is 29.3 Å². The number of benzene rings is 1. The predicted octanol–water partition coefficient (Wildman–Crippen LogP) is 3.50. The van der Waals surface area contributed by atoms with Crippen molar-refractivity contribution in [3.63, 3.8) is 0 Å². The Morgan fingerprint density at radius 3 is 2.69 bits per heavy atom. The summed E-state index contributed by atoms with van der Waals surface area (Å²) < 4.78 is 48.1. The van der Waals surface area contributed by atoms with Gasteiger partial charge in [0.15, 0.2) is 0 Å². The van der Waals surface area contributed by atoms with Gasteiger partial charge in [-0.15, -0.1) is 11.3 Å². The maximum Gasteiger partial charge on any atom is 0.491 e. The van der Waals surface area contributed by atoms with Crippen molar-refractivity contribution in [3.05, 3.63) is 52.0 Å². The molecule has 0 saturated carbocycles. The third-order valence-corrected chi connectivity index (χ3v) is 6.73. The van der Waals surface area contributed by atoms with Crippen molar-refractivity contribution in [2.45, 2.75) is 37.5 Å². The number of carbonyl (C=O) groups is 2. The third kappa shape index (κ3) is 5.02. The van der Waals surface area contributed by atoms with Crippen LogP contribution < -0.4 is 0 Å². The number of hydrogen-bond donors (Lipinski definition) is 0. The van der Waals surface area contributed by atoms with Gasteiger partial charge in [0.2, 0.25) is 0 Å². The van der Waals surface area contributed by atoms with Crippen LogP contribution in [0.4, 0.5) is 13.2 Å². The fourth-order valence-corrected chi connectivity index (χ4v) is 5.06. The second kappa shape index (κ2) is 9.29. The first-order valence-electron chi connectivity index (χ1n) is 10.4. The fraction of sp³-hybridized carbons (Fsp3) is 0.500. The van der Waals surface area contributed by atoms with Gasteiger partial charge in [-0.1, -0.05) is 24.3 Å². The number of esters is 2. The Balaban J connectivity index is 1.43. The number of aromatic nitrogens is 1. The lowest BCUT2D eigenvalue weighted by Crippen LogP contribution is -2.48. The molecule has 1 fully saturated rings. The second-order valence-electron chi connectivity index (χ2n) is 8.14. The van der Waals surface area contributed by atoms with E-state index in [2.05, 4.69) is 21.9 Å². The molecule has 3 heterocycles. The summed E-state index contributed by atoms with van der Waals surface area (Å²) in [5.41, 5.74) is 4.27. The summed E-state index contributed by atoms with van der Waals surface area (Å²) in [6.07, 6.45) is -2.82. The monoisotopic (exact) mass is 468 g/mol. The summed E-state index contributed by atoms with van der Waals surface area (Å²) >= 11 is 1.33. The summed E-state index contributed by atoms with van der Waals surface area (Å²) in [7, 11) is 0. The van der Waals surface area contributed by atoms with Gasteiger partial charge in [0.25, 0.3) is 0 Å². The van der Waals surface area contributed by atoms with Crippen LogP contribution in [0, 0.1) is 5.92 Å². The highest BCUT2D eigenvalue weighted by molar-refractivity contribution is 7.07. The second-order valence-corrected chi connectivity index (χ2v) is 8.86. The highest BCUT2D eigenvalue weighted by Gasteiger charge is 2.44. The van der Waals surface area contributed by atoms with Crippen LogP contribution in [0.2, 0.25) is 0 Å². The molecule has 1 atom stereocenters. The summed E-state index contributed by atoms with van der Waals surface area (Å²) in [6.45, 7) is 2.05. The number of halogens is 3. The highest BCUT2D eigenvalue weighted by Crippen LogP contribution is 2.41. The Morgan fingerprint density at radius 2 is 2.00 bits per heavy atom. The Morgan fingerprint density at radius 1 is 1.25 bits per heavy atom. The number of hydrogen-bond acceptors (Lipinski definition) is 7. The van der Waals surface area contributed by atoms with E-state index in [0.29, 0.717) is 38.2 Å². The summed E-state index contributed by atoms with van der Waals surface area (Å²) in [5.74, 6) is -4.60. The van der Waals surface area contributed by atoms with E-state index in [0.717, 1.165) is 6.42 Å². The fourth-order valence-electron chi connectivity index (χ4n) is 4.48. The average molecular weight is 468 g/mol. The Labute approximate surface area is 187 Å². The molecule has 32 heavy (non-hydrogen) atoms. The van der Waals surface area contributed by atoms with Crippen LogP contribution in [0.3, 0.4) is 0 Å². The van der Waals surface area contributed by atoms with Crippen LogP contribution in [0.25, 0.3) is 0 Å². The zero-order valence-electron chi connectivity index (χ0n) is 17.3. The Bertz CT molecular complexity index is 956. The SMILES string of the molecule is O=C(OC(=O)C(F)(F)F)C(Cc1cscn1)CN1CCC2(CC1)OCCc1ccccc12. The average Bonchev–Trinajstić information content (AvgIpc) is 3.28. The third-order valence-electron chi connectivity index (χ3n) is 6.10. The van der Waals surface area contributed by atoms with E-state index in [4.69, 9.17) is 4.74 Å². The number of fused-ring (bicyclic) bond motifs is 2. The lowest BCUT2D eigenvalue weighted by molar-refractivity contribution is -0.203. The van der Waals surface area contributed by atoms with Crippen LogP contribution in [0.1, 0.15) is 29.7 Å². The maximum atomic E-state index is 12.6. The lowest BCUT2D eigenvalue weighted by Gasteiger charge is -2.45. The van der Waals surface area contributed by atoms with E-state index in [1.54, 1.807) is 10.9 Å². The standard InChI is InChI=1S/C22H23F3N2O4S/c23-22(24,25)20(29)31-19(28)16(11-17-13-32-14-26-17)12-27-8-6-21(7-9-27)18-4-2-1-3-15(18)5-10-30-21/h1-4,13-14,16H,5-12H2. The molecule has 4 rings (SSSR count). The lowest BCUT2D eigenvalue weighted by atomic mass is 9.79. The molecular formula is C22H23F3N2O4S. The Kier molecular flexibility index (Phi) is 6.64. The van der Waals surface area contributed by atoms with Crippen LogP contribution in [-0.2, 0) is 37.5 Å². The molecule has 2 aliphatic heterocycles. The van der Waals surface area contributed by atoms with Gasteiger partial charge in [-0.2, -0.15) is 13.2 Å². The molecule has 10 heteroatoms. The molecule has 2 aliphatic rings. The summed E-state index contributed by atoms with van der Waals surface area (Å²) in [5, 5.41) is 1.73. The van der Waals surface area contributed by atoms with E-state index in [1.807, 2.05) is 17.0 Å². The number of rotatable bonds is 5. The number of thiazole rings is 1. The summed E-state index contributed by atoms with van der Waals surface area (Å²) in [6, 6.07) is 8.22. The molecule has 1 unspecified atom stereocenters. The predicted molar refractivity (Wildman–Crippen MR) is 110 cm³/mol. The van der Waals surface area contributed by atoms with Crippen LogP contribution >= 0.6 is 11.3 Å². The number of likely N-dealkylation sites (tertiary alicyclic amines) is 1. The first-order valence-corrected chi connectivity index (χ1v) is 11.4. The normalized spacial score (nSPS) is 19.3. The topological polar surface area (TPSA) is 68.7 Å².